The number of nitro benzene ring substituents is 1. The number of carbonyl (C=O) groups is 1. The largest absolute Gasteiger partial charge is 0.470 e. The van der Waals surface area contributed by atoms with Crippen molar-refractivity contribution in [3.05, 3.63) is 99.2 Å². The maximum absolute atomic E-state index is 13.3. The average molecular weight is 471 g/mol. The number of aromatic nitrogens is 4. The number of amides is 1. The molecule has 0 saturated heterocycles. The highest BCUT2D eigenvalue weighted by Crippen LogP contribution is 2.28. The summed E-state index contributed by atoms with van der Waals surface area (Å²) in [5.41, 5.74) is 0.722. The van der Waals surface area contributed by atoms with Crippen molar-refractivity contribution in [2.75, 3.05) is 5.32 Å². The lowest BCUT2D eigenvalue weighted by Gasteiger charge is -2.07. The maximum atomic E-state index is 13.3. The molecule has 4 aromatic rings. The summed E-state index contributed by atoms with van der Waals surface area (Å²) in [5, 5.41) is 21.9. The van der Waals surface area contributed by atoms with Gasteiger partial charge in [0.1, 0.15) is 11.6 Å². The third-order valence-corrected chi connectivity index (χ3v) is 4.76. The van der Waals surface area contributed by atoms with Crippen LogP contribution in [0.15, 0.2) is 67.0 Å². The van der Waals surface area contributed by atoms with Gasteiger partial charge in [-0.1, -0.05) is 23.7 Å². The van der Waals surface area contributed by atoms with Gasteiger partial charge < -0.3 is 10.1 Å². The molecule has 33 heavy (non-hydrogen) atoms. The number of carbonyl (C=O) groups excluding carboxylic acids is 1. The second-order valence-electron chi connectivity index (χ2n) is 6.87. The molecule has 0 radical (unpaired) electrons. The van der Waals surface area contributed by atoms with Gasteiger partial charge in [0.25, 0.3) is 11.6 Å². The normalized spacial score (nSPS) is 10.7. The number of ether oxygens (including phenoxy) is 1. The topological polar surface area (TPSA) is 117 Å². The quantitative estimate of drug-likeness (QED) is 0.306. The van der Waals surface area contributed by atoms with E-state index in [4.69, 9.17) is 16.3 Å². The standard InChI is InChI=1S/C21H16ClFN6O4/c22-17-11-16(29(31)32)4-5-19(17)33-13-28-8-6-18(25-28)21(30)24-20-7-9-27(26-20)12-14-2-1-3-15(23)10-14/h1-11H,12-13H2,(H,24,26,30). The van der Waals surface area contributed by atoms with Gasteiger partial charge >= 0.3 is 0 Å². The van der Waals surface area contributed by atoms with Crippen LogP contribution in [0.5, 0.6) is 5.75 Å². The van der Waals surface area contributed by atoms with Crippen LogP contribution >= 0.6 is 11.6 Å². The predicted molar refractivity (Wildman–Crippen MR) is 117 cm³/mol. The van der Waals surface area contributed by atoms with Gasteiger partial charge in [0.05, 0.1) is 16.5 Å². The van der Waals surface area contributed by atoms with Gasteiger partial charge in [-0.25, -0.2) is 9.07 Å². The van der Waals surface area contributed by atoms with E-state index in [0.717, 1.165) is 5.56 Å². The molecule has 2 aromatic heterocycles. The Hall–Kier alpha value is -4.25. The molecule has 0 fully saturated rings. The highest BCUT2D eigenvalue weighted by atomic mass is 35.5. The van der Waals surface area contributed by atoms with Crippen molar-refractivity contribution in [2.24, 2.45) is 0 Å². The van der Waals surface area contributed by atoms with Gasteiger partial charge in [0, 0.05) is 30.6 Å². The van der Waals surface area contributed by atoms with Gasteiger partial charge in [-0.15, -0.1) is 0 Å². The van der Waals surface area contributed by atoms with E-state index in [1.807, 2.05) is 0 Å². The zero-order chi connectivity index (χ0) is 23.4. The Morgan fingerprint density at radius 1 is 1.12 bits per heavy atom. The van der Waals surface area contributed by atoms with Crippen LogP contribution in [0.1, 0.15) is 16.1 Å². The van der Waals surface area contributed by atoms with Gasteiger partial charge in [-0.3, -0.25) is 19.6 Å². The van der Waals surface area contributed by atoms with Gasteiger partial charge in [-0.2, -0.15) is 10.2 Å². The number of hydrogen-bond acceptors (Lipinski definition) is 6. The molecule has 12 heteroatoms. The fourth-order valence-electron chi connectivity index (χ4n) is 2.93. The number of halogens is 2. The molecule has 4 rings (SSSR count). The molecule has 2 heterocycles. The van der Waals surface area contributed by atoms with E-state index < -0.39 is 10.8 Å². The van der Waals surface area contributed by atoms with Crippen LogP contribution in [0.4, 0.5) is 15.9 Å². The first kappa shape index (κ1) is 22.0. The third kappa shape index (κ3) is 5.52. The number of hydrogen-bond donors (Lipinski definition) is 1. The summed E-state index contributed by atoms with van der Waals surface area (Å²) in [7, 11) is 0. The Morgan fingerprint density at radius 2 is 1.94 bits per heavy atom. The minimum atomic E-state index is -0.557. The molecule has 0 aliphatic heterocycles. The molecule has 0 aliphatic carbocycles. The van der Waals surface area contributed by atoms with Crippen LogP contribution in [0, 0.1) is 15.9 Å². The van der Waals surface area contributed by atoms with Gasteiger partial charge in [0.15, 0.2) is 18.2 Å². The summed E-state index contributed by atoms with van der Waals surface area (Å²) < 4.78 is 21.8. The Morgan fingerprint density at radius 3 is 2.70 bits per heavy atom. The minimum Gasteiger partial charge on any atom is -0.470 e. The minimum absolute atomic E-state index is 0.0624. The van der Waals surface area contributed by atoms with Crippen molar-refractivity contribution in [3.63, 3.8) is 0 Å². The Balaban J connectivity index is 1.34. The van der Waals surface area contributed by atoms with Crippen molar-refractivity contribution >= 4 is 29.0 Å². The number of nitro groups is 1. The highest BCUT2D eigenvalue weighted by Gasteiger charge is 2.13. The summed E-state index contributed by atoms with van der Waals surface area (Å²) in [5.74, 6) is -0.241. The second kappa shape index (κ2) is 9.49. The Kier molecular flexibility index (Phi) is 6.31. The first-order chi connectivity index (χ1) is 15.9. The van der Waals surface area contributed by atoms with Crippen molar-refractivity contribution in [1.29, 1.82) is 0 Å². The van der Waals surface area contributed by atoms with Crippen LogP contribution in [-0.2, 0) is 13.3 Å². The molecular weight excluding hydrogens is 455 g/mol. The van der Waals surface area contributed by atoms with Crippen LogP contribution in [-0.4, -0.2) is 30.4 Å². The van der Waals surface area contributed by atoms with E-state index in [1.165, 1.54) is 47.3 Å². The molecule has 0 unspecified atom stereocenters. The van der Waals surface area contributed by atoms with Crippen molar-refractivity contribution in [3.8, 4) is 5.75 Å². The SMILES string of the molecule is O=C(Nc1ccn(Cc2cccc(F)c2)n1)c1ccn(COc2ccc([N+](=O)[O-])cc2Cl)n1. The number of rotatable bonds is 8. The predicted octanol–water partition coefficient (Wildman–Crippen LogP) is 4.12. The molecule has 0 aliphatic rings. The van der Waals surface area contributed by atoms with E-state index in [9.17, 15) is 19.3 Å². The Labute approximate surface area is 191 Å². The first-order valence-electron chi connectivity index (χ1n) is 9.57. The lowest BCUT2D eigenvalue weighted by atomic mass is 10.2. The summed E-state index contributed by atoms with van der Waals surface area (Å²) >= 11 is 6.00. The number of anilines is 1. The van der Waals surface area contributed by atoms with Gasteiger partial charge in [-0.05, 0) is 29.8 Å². The molecule has 1 amide bonds. The lowest BCUT2D eigenvalue weighted by Crippen LogP contribution is -2.15. The van der Waals surface area contributed by atoms with Crippen LogP contribution < -0.4 is 10.1 Å². The Bertz CT molecular complexity index is 1320. The number of non-ortho nitro benzene ring substituents is 1. The number of nitrogens with zero attached hydrogens (tertiary/aromatic N) is 5. The smallest absolute Gasteiger partial charge is 0.277 e. The molecular formula is C21H16ClFN6O4. The molecule has 0 spiro atoms. The lowest BCUT2D eigenvalue weighted by molar-refractivity contribution is -0.384. The maximum Gasteiger partial charge on any atom is 0.277 e. The molecule has 10 nitrogen and oxygen atoms in total. The zero-order valence-corrected chi connectivity index (χ0v) is 17.6. The molecule has 168 valence electrons. The highest BCUT2D eigenvalue weighted by molar-refractivity contribution is 6.32. The van der Waals surface area contributed by atoms with E-state index >= 15 is 0 Å². The fourth-order valence-corrected chi connectivity index (χ4v) is 3.16. The summed E-state index contributed by atoms with van der Waals surface area (Å²) in [6.45, 7) is 0.290. The van der Waals surface area contributed by atoms with E-state index in [1.54, 1.807) is 29.1 Å². The van der Waals surface area contributed by atoms with Crippen molar-refractivity contribution in [2.45, 2.75) is 13.3 Å². The van der Waals surface area contributed by atoms with Crippen molar-refractivity contribution in [1.82, 2.24) is 19.6 Å². The van der Waals surface area contributed by atoms with Crippen molar-refractivity contribution < 1.29 is 18.8 Å². The molecule has 0 bridgehead atoms. The number of benzene rings is 2. The molecule has 0 atom stereocenters. The number of nitrogens with one attached hydrogen (secondary N) is 1. The van der Waals surface area contributed by atoms with E-state index in [2.05, 4.69) is 15.5 Å². The first-order valence-corrected chi connectivity index (χ1v) is 9.94. The molecule has 2 aromatic carbocycles. The third-order valence-electron chi connectivity index (χ3n) is 4.47. The van der Waals surface area contributed by atoms with Crippen LogP contribution in [0.3, 0.4) is 0 Å². The van der Waals surface area contributed by atoms with Gasteiger partial charge in [0.2, 0.25) is 0 Å². The molecule has 0 saturated carbocycles. The zero-order valence-electron chi connectivity index (χ0n) is 16.9. The monoisotopic (exact) mass is 470 g/mol. The molecule has 1 N–H and O–H groups in total. The summed E-state index contributed by atoms with van der Waals surface area (Å²) in [6, 6.07) is 13.1. The fraction of sp³-hybridized carbons (Fsp3) is 0.0952. The van der Waals surface area contributed by atoms with E-state index in [-0.39, 0.29) is 34.7 Å². The second-order valence-corrected chi connectivity index (χ2v) is 7.28. The van der Waals surface area contributed by atoms with Crippen LogP contribution in [0.25, 0.3) is 0 Å². The van der Waals surface area contributed by atoms with E-state index in [0.29, 0.717) is 12.4 Å². The average Bonchev–Trinajstić information content (AvgIpc) is 3.42. The summed E-state index contributed by atoms with van der Waals surface area (Å²) in [4.78, 5) is 22.7. The summed E-state index contributed by atoms with van der Waals surface area (Å²) in [6.07, 6.45) is 3.21. The van der Waals surface area contributed by atoms with Crippen LogP contribution in [0.2, 0.25) is 5.02 Å².